The molecule has 1 aliphatic heterocycles. The van der Waals surface area contributed by atoms with Gasteiger partial charge in [-0.2, -0.15) is 4.99 Å². The van der Waals surface area contributed by atoms with Crippen molar-refractivity contribution in [1.82, 2.24) is 9.47 Å². The topological polar surface area (TPSA) is 63.9 Å². The summed E-state index contributed by atoms with van der Waals surface area (Å²) in [5.41, 5.74) is 1.02. The van der Waals surface area contributed by atoms with Gasteiger partial charge in [-0.25, -0.2) is 0 Å². The number of nitrogens with zero attached hydrogens (tertiary/aromatic N) is 3. The molecule has 1 aromatic heterocycles. The van der Waals surface area contributed by atoms with E-state index in [-0.39, 0.29) is 17.6 Å². The van der Waals surface area contributed by atoms with Gasteiger partial charge in [0.1, 0.15) is 5.75 Å². The van der Waals surface area contributed by atoms with E-state index in [0.29, 0.717) is 23.1 Å². The average Bonchev–Trinajstić information content (AvgIpc) is 2.97. The number of carbonyl (C=O) groups excluding carboxylic acids is 2. The third-order valence-corrected chi connectivity index (χ3v) is 6.77. The van der Waals surface area contributed by atoms with Crippen LogP contribution >= 0.6 is 23.1 Å². The first-order chi connectivity index (χ1) is 13.5. The number of hydrogen-bond acceptors (Lipinski definition) is 5. The summed E-state index contributed by atoms with van der Waals surface area (Å²) in [6.45, 7) is 6.41. The monoisotopic (exact) mass is 421 g/mol. The molecule has 2 aromatic rings. The smallest absolute Gasteiger partial charge is 0.258 e. The molecule has 6 nitrogen and oxygen atoms in total. The Bertz CT molecular complexity index is 919. The number of thiazole rings is 1. The van der Waals surface area contributed by atoms with Gasteiger partial charge in [-0.3, -0.25) is 9.59 Å². The second-order valence-electron chi connectivity index (χ2n) is 7.09. The minimum atomic E-state index is -0.211. The molecule has 28 heavy (non-hydrogen) atoms. The van der Waals surface area contributed by atoms with Crippen molar-refractivity contribution in [3.8, 4) is 5.75 Å². The summed E-state index contributed by atoms with van der Waals surface area (Å²) in [7, 11) is 1.90. The molecule has 0 N–H and O–H groups in total. The molecule has 1 aromatic carbocycles. The molecule has 8 heteroatoms. The van der Waals surface area contributed by atoms with Crippen molar-refractivity contribution in [2.75, 3.05) is 31.2 Å². The van der Waals surface area contributed by atoms with Crippen molar-refractivity contribution in [2.24, 2.45) is 18.0 Å². The van der Waals surface area contributed by atoms with Crippen LogP contribution in [0.3, 0.4) is 0 Å². The van der Waals surface area contributed by atoms with E-state index in [4.69, 9.17) is 4.74 Å². The molecule has 1 aliphatic rings. The Kier molecular flexibility index (Phi) is 7.18. The Hall–Kier alpha value is -1.80. The number of aryl methyl sites for hydroxylation is 1. The summed E-state index contributed by atoms with van der Waals surface area (Å²) in [5.74, 6) is 1.85. The van der Waals surface area contributed by atoms with Crippen LogP contribution in [0.5, 0.6) is 5.75 Å². The Morgan fingerprint density at radius 1 is 1.36 bits per heavy atom. The molecule has 1 atom stereocenters. The Labute approximate surface area is 173 Å². The van der Waals surface area contributed by atoms with Gasteiger partial charge in [-0.15, -0.1) is 11.8 Å². The minimum Gasteiger partial charge on any atom is -0.494 e. The summed E-state index contributed by atoms with van der Waals surface area (Å²) in [5, 5.41) is 0. The maximum Gasteiger partial charge on any atom is 0.258 e. The van der Waals surface area contributed by atoms with Crippen molar-refractivity contribution in [3.05, 3.63) is 23.0 Å². The maximum atomic E-state index is 12.3. The lowest BCUT2D eigenvalue weighted by Crippen LogP contribution is -2.40. The number of benzene rings is 1. The van der Waals surface area contributed by atoms with Crippen LogP contribution in [0.25, 0.3) is 10.2 Å². The van der Waals surface area contributed by atoms with Crippen molar-refractivity contribution >= 4 is 45.1 Å². The molecular weight excluding hydrogens is 394 g/mol. The quantitative estimate of drug-likeness (QED) is 0.719. The van der Waals surface area contributed by atoms with E-state index in [1.165, 1.54) is 29.5 Å². The first-order valence-corrected chi connectivity index (χ1v) is 11.6. The second-order valence-corrected chi connectivity index (χ2v) is 9.09. The molecule has 1 saturated heterocycles. The van der Waals surface area contributed by atoms with Gasteiger partial charge >= 0.3 is 0 Å². The number of likely N-dealkylation sites (tertiary alicyclic amines) is 1. The first-order valence-electron chi connectivity index (χ1n) is 9.63. The molecule has 3 rings (SSSR count). The molecule has 0 saturated carbocycles. The number of thioether (sulfide) groups is 1. The van der Waals surface area contributed by atoms with Crippen LogP contribution in [0.1, 0.15) is 26.7 Å². The van der Waals surface area contributed by atoms with Crippen molar-refractivity contribution in [3.63, 3.8) is 0 Å². The Balaban J connectivity index is 1.59. The van der Waals surface area contributed by atoms with Gasteiger partial charge in [0.25, 0.3) is 5.91 Å². The number of hydrogen-bond donors (Lipinski definition) is 0. The fourth-order valence-corrected chi connectivity index (χ4v) is 5.11. The molecule has 1 unspecified atom stereocenters. The number of fused-ring (bicyclic) bond motifs is 1. The SMILES string of the molecule is CCOc1ccc2c(c1)sc(=NC(=O)CSCC(=O)N1CCCC(C)C1)n2C. The van der Waals surface area contributed by atoms with E-state index in [2.05, 4.69) is 11.9 Å². The molecule has 2 heterocycles. The zero-order valence-electron chi connectivity index (χ0n) is 16.6. The number of piperidine rings is 1. The van der Waals surface area contributed by atoms with Crippen LogP contribution in [0, 0.1) is 5.92 Å². The highest BCUT2D eigenvalue weighted by Crippen LogP contribution is 2.23. The number of ether oxygens (including phenoxy) is 1. The zero-order chi connectivity index (χ0) is 20.1. The van der Waals surface area contributed by atoms with Gasteiger partial charge in [0.15, 0.2) is 4.80 Å². The van der Waals surface area contributed by atoms with Crippen LogP contribution < -0.4 is 9.54 Å². The summed E-state index contributed by atoms with van der Waals surface area (Å²) in [4.78, 5) is 31.4. The van der Waals surface area contributed by atoms with Crippen LogP contribution in [0.4, 0.5) is 0 Å². The lowest BCUT2D eigenvalue weighted by Gasteiger charge is -2.30. The fraction of sp³-hybridized carbons (Fsp3) is 0.550. The summed E-state index contributed by atoms with van der Waals surface area (Å²) in [6, 6.07) is 5.88. The second kappa shape index (κ2) is 9.60. The van der Waals surface area contributed by atoms with Gasteiger partial charge in [0, 0.05) is 20.1 Å². The highest BCUT2D eigenvalue weighted by atomic mass is 32.2. The molecule has 0 radical (unpaired) electrons. The number of carbonyl (C=O) groups is 2. The third-order valence-electron chi connectivity index (χ3n) is 4.77. The Morgan fingerprint density at radius 3 is 2.93 bits per heavy atom. The molecule has 2 amide bonds. The number of rotatable bonds is 6. The molecule has 152 valence electrons. The van der Waals surface area contributed by atoms with E-state index < -0.39 is 0 Å². The highest BCUT2D eigenvalue weighted by Gasteiger charge is 2.20. The number of amides is 2. The summed E-state index contributed by atoms with van der Waals surface area (Å²) >= 11 is 2.81. The molecule has 0 spiro atoms. The van der Waals surface area contributed by atoms with Crippen LogP contribution in [0.2, 0.25) is 0 Å². The number of aromatic nitrogens is 1. The average molecular weight is 422 g/mol. The third kappa shape index (κ3) is 5.17. The van der Waals surface area contributed by atoms with Gasteiger partial charge < -0.3 is 14.2 Å². The van der Waals surface area contributed by atoms with Crippen LogP contribution in [-0.4, -0.2) is 52.5 Å². The fourth-order valence-electron chi connectivity index (χ4n) is 3.35. The van der Waals surface area contributed by atoms with E-state index in [0.717, 1.165) is 35.5 Å². The molecule has 0 bridgehead atoms. The van der Waals surface area contributed by atoms with E-state index in [9.17, 15) is 9.59 Å². The van der Waals surface area contributed by atoms with Crippen molar-refractivity contribution in [1.29, 1.82) is 0 Å². The van der Waals surface area contributed by atoms with Gasteiger partial charge in [0.05, 0.1) is 28.3 Å². The summed E-state index contributed by atoms with van der Waals surface area (Å²) < 4.78 is 8.48. The normalized spacial score (nSPS) is 17.9. The van der Waals surface area contributed by atoms with Gasteiger partial charge in [-0.1, -0.05) is 18.3 Å². The van der Waals surface area contributed by atoms with E-state index in [1.54, 1.807) is 0 Å². The van der Waals surface area contributed by atoms with Crippen molar-refractivity contribution in [2.45, 2.75) is 26.7 Å². The van der Waals surface area contributed by atoms with Crippen LogP contribution in [0.15, 0.2) is 23.2 Å². The largest absolute Gasteiger partial charge is 0.494 e. The van der Waals surface area contributed by atoms with Gasteiger partial charge in [0.2, 0.25) is 5.91 Å². The molecular formula is C20H27N3O3S2. The standard InChI is InChI=1S/C20H27N3O3S2/c1-4-26-15-7-8-16-17(10-15)28-20(22(16)3)21-18(24)12-27-13-19(25)23-9-5-6-14(2)11-23/h7-8,10,14H,4-6,9,11-13H2,1-3H3. The van der Waals surface area contributed by atoms with E-state index >= 15 is 0 Å². The zero-order valence-corrected chi connectivity index (χ0v) is 18.3. The van der Waals surface area contributed by atoms with Crippen molar-refractivity contribution < 1.29 is 14.3 Å². The first kappa shape index (κ1) is 20.9. The minimum absolute atomic E-state index is 0.125. The van der Waals surface area contributed by atoms with E-state index in [1.807, 2.05) is 41.6 Å². The lowest BCUT2D eigenvalue weighted by molar-refractivity contribution is -0.130. The summed E-state index contributed by atoms with van der Waals surface area (Å²) in [6.07, 6.45) is 2.26. The van der Waals surface area contributed by atoms with Crippen LogP contribution in [-0.2, 0) is 16.6 Å². The predicted molar refractivity (Wildman–Crippen MR) is 115 cm³/mol. The molecule has 1 fully saturated rings. The molecule has 0 aliphatic carbocycles. The predicted octanol–water partition coefficient (Wildman–Crippen LogP) is 3.06. The maximum absolute atomic E-state index is 12.3. The Morgan fingerprint density at radius 2 is 2.18 bits per heavy atom. The highest BCUT2D eigenvalue weighted by molar-refractivity contribution is 8.00. The van der Waals surface area contributed by atoms with Gasteiger partial charge in [-0.05, 0) is 43.9 Å². The lowest BCUT2D eigenvalue weighted by atomic mass is 10.0.